The average molecular weight is 308 g/mol. The Morgan fingerprint density at radius 3 is 3.22 bits per heavy atom. The molecule has 0 saturated carbocycles. The van der Waals surface area contributed by atoms with Gasteiger partial charge in [-0.2, -0.15) is 5.10 Å². The van der Waals surface area contributed by atoms with E-state index in [2.05, 4.69) is 15.4 Å². The zero-order valence-electron chi connectivity index (χ0n) is 13.2. The van der Waals surface area contributed by atoms with Crippen molar-refractivity contribution in [2.24, 2.45) is 7.05 Å². The predicted molar refractivity (Wildman–Crippen MR) is 89.0 cm³/mol. The first-order chi connectivity index (χ1) is 11.2. The molecule has 2 heterocycles. The van der Waals surface area contributed by atoms with Gasteiger partial charge in [0.15, 0.2) is 0 Å². The number of nitrogens with one attached hydrogen (secondary N) is 2. The van der Waals surface area contributed by atoms with E-state index in [4.69, 9.17) is 0 Å². The van der Waals surface area contributed by atoms with Crippen LogP contribution in [0.2, 0.25) is 0 Å². The van der Waals surface area contributed by atoms with E-state index >= 15 is 0 Å². The molecule has 2 aromatic heterocycles. The first kappa shape index (κ1) is 14.1. The van der Waals surface area contributed by atoms with Gasteiger partial charge in [-0.25, -0.2) is 0 Å². The molecule has 23 heavy (non-hydrogen) atoms. The minimum absolute atomic E-state index is 0.0662. The molecule has 118 valence electrons. The molecule has 0 spiro atoms. The average Bonchev–Trinajstić information content (AvgIpc) is 3.13. The molecule has 0 aliphatic heterocycles. The number of aromatic amines is 1. The van der Waals surface area contributed by atoms with E-state index in [0.29, 0.717) is 6.42 Å². The number of benzene rings is 1. The smallest absolute Gasteiger partial charge is 0.224 e. The lowest BCUT2D eigenvalue weighted by atomic mass is 9.93. The normalized spacial score (nSPS) is 17.2. The van der Waals surface area contributed by atoms with Crippen LogP contribution in [-0.4, -0.2) is 20.7 Å². The third-order valence-electron chi connectivity index (χ3n) is 4.74. The van der Waals surface area contributed by atoms with Crippen LogP contribution in [0.15, 0.2) is 36.7 Å². The Kier molecular flexibility index (Phi) is 3.41. The Labute approximate surface area is 134 Å². The lowest BCUT2D eigenvalue weighted by Gasteiger charge is -2.23. The number of hydrogen-bond donors (Lipinski definition) is 2. The van der Waals surface area contributed by atoms with Crippen molar-refractivity contribution in [3.05, 3.63) is 53.5 Å². The summed E-state index contributed by atoms with van der Waals surface area (Å²) in [4.78, 5) is 15.7. The van der Waals surface area contributed by atoms with Crippen LogP contribution in [0.3, 0.4) is 0 Å². The predicted octanol–water partition coefficient (Wildman–Crippen LogP) is 2.64. The topological polar surface area (TPSA) is 62.7 Å². The maximum Gasteiger partial charge on any atom is 0.224 e. The summed E-state index contributed by atoms with van der Waals surface area (Å²) in [6.45, 7) is 0. The van der Waals surface area contributed by atoms with Crippen molar-refractivity contribution in [2.45, 2.75) is 31.7 Å². The second-order valence-corrected chi connectivity index (χ2v) is 6.22. The first-order valence-electron chi connectivity index (χ1n) is 8.07. The number of fused-ring (bicyclic) bond motifs is 2. The standard InChI is InChI=1S/C18H20N4O/c1-22-17-8-4-7-16(14(17)11-20-22)21-18(23)9-12-10-19-15-6-3-2-5-13(12)15/h2-3,5-6,10-11,16,19H,4,7-9H2,1H3,(H,21,23). The van der Waals surface area contributed by atoms with Gasteiger partial charge >= 0.3 is 0 Å². The van der Waals surface area contributed by atoms with E-state index in [0.717, 1.165) is 35.7 Å². The Morgan fingerprint density at radius 2 is 2.30 bits per heavy atom. The highest BCUT2D eigenvalue weighted by Gasteiger charge is 2.24. The second-order valence-electron chi connectivity index (χ2n) is 6.22. The van der Waals surface area contributed by atoms with E-state index in [-0.39, 0.29) is 11.9 Å². The van der Waals surface area contributed by atoms with Crippen LogP contribution in [0.5, 0.6) is 0 Å². The third-order valence-corrected chi connectivity index (χ3v) is 4.74. The maximum absolute atomic E-state index is 12.5. The van der Waals surface area contributed by atoms with Gasteiger partial charge in [-0.1, -0.05) is 18.2 Å². The largest absolute Gasteiger partial charge is 0.361 e. The minimum Gasteiger partial charge on any atom is -0.361 e. The third kappa shape index (κ3) is 2.52. The van der Waals surface area contributed by atoms with Gasteiger partial charge in [0.1, 0.15) is 0 Å². The van der Waals surface area contributed by atoms with Crippen molar-refractivity contribution in [3.63, 3.8) is 0 Å². The van der Waals surface area contributed by atoms with Crippen LogP contribution in [0.1, 0.15) is 35.7 Å². The number of rotatable bonds is 3. The molecule has 0 radical (unpaired) electrons. The fourth-order valence-electron chi connectivity index (χ4n) is 3.55. The van der Waals surface area contributed by atoms with Gasteiger partial charge in [0.25, 0.3) is 0 Å². The van der Waals surface area contributed by atoms with Crippen molar-refractivity contribution >= 4 is 16.8 Å². The van der Waals surface area contributed by atoms with E-state index in [1.807, 2.05) is 48.4 Å². The minimum atomic E-state index is 0.0662. The van der Waals surface area contributed by atoms with Crippen LogP contribution in [-0.2, 0) is 24.7 Å². The second kappa shape index (κ2) is 5.57. The molecule has 1 amide bonds. The zero-order chi connectivity index (χ0) is 15.8. The number of aryl methyl sites for hydroxylation is 1. The van der Waals surface area contributed by atoms with Gasteiger partial charge in [-0.3, -0.25) is 9.48 Å². The molecule has 3 aromatic rings. The molecule has 1 aromatic carbocycles. The summed E-state index contributed by atoms with van der Waals surface area (Å²) in [5.74, 6) is 0.0662. The SMILES string of the molecule is Cn1ncc2c1CCCC2NC(=O)Cc1c[nH]c2ccccc12. The van der Waals surface area contributed by atoms with Gasteiger partial charge in [0, 0.05) is 35.4 Å². The molecular formula is C18H20N4O. The number of hydrogen-bond acceptors (Lipinski definition) is 2. The Balaban J connectivity index is 1.51. The molecule has 1 aliphatic rings. The fraction of sp³-hybridized carbons (Fsp3) is 0.333. The molecule has 1 unspecified atom stereocenters. The number of H-pyrrole nitrogens is 1. The summed E-state index contributed by atoms with van der Waals surface area (Å²) in [5, 5.41) is 8.64. The quantitative estimate of drug-likeness (QED) is 0.781. The maximum atomic E-state index is 12.5. The number of nitrogens with zero attached hydrogens (tertiary/aromatic N) is 2. The van der Waals surface area contributed by atoms with E-state index < -0.39 is 0 Å². The van der Waals surface area contributed by atoms with E-state index in [1.165, 1.54) is 11.3 Å². The van der Waals surface area contributed by atoms with E-state index in [9.17, 15) is 4.79 Å². The number of amides is 1. The number of aromatic nitrogens is 3. The van der Waals surface area contributed by atoms with Crippen LogP contribution in [0.4, 0.5) is 0 Å². The summed E-state index contributed by atoms with van der Waals surface area (Å²) in [5.41, 5.74) is 4.53. The number of para-hydroxylation sites is 1. The Hall–Kier alpha value is -2.56. The Bertz CT molecular complexity index is 861. The van der Waals surface area contributed by atoms with Crippen molar-refractivity contribution in [1.82, 2.24) is 20.1 Å². The highest BCUT2D eigenvalue weighted by atomic mass is 16.1. The fourth-order valence-corrected chi connectivity index (χ4v) is 3.55. The van der Waals surface area contributed by atoms with Crippen molar-refractivity contribution < 1.29 is 4.79 Å². The Morgan fingerprint density at radius 1 is 1.43 bits per heavy atom. The van der Waals surface area contributed by atoms with Crippen LogP contribution in [0.25, 0.3) is 10.9 Å². The first-order valence-corrected chi connectivity index (χ1v) is 8.07. The van der Waals surface area contributed by atoms with Crippen LogP contribution < -0.4 is 5.32 Å². The van der Waals surface area contributed by atoms with Gasteiger partial charge in [-0.15, -0.1) is 0 Å². The highest BCUT2D eigenvalue weighted by molar-refractivity contribution is 5.89. The summed E-state index contributed by atoms with van der Waals surface area (Å²) < 4.78 is 1.92. The molecule has 4 rings (SSSR count). The summed E-state index contributed by atoms with van der Waals surface area (Å²) >= 11 is 0. The van der Waals surface area contributed by atoms with Crippen LogP contribution >= 0.6 is 0 Å². The van der Waals surface area contributed by atoms with Gasteiger partial charge in [-0.05, 0) is 30.9 Å². The zero-order valence-corrected chi connectivity index (χ0v) is 13.2. The van der Waals surface area contributed by atoms with Gasteiger partial charge < -0.3 is 10.3 Å². The monoisotopic (exact) mass is 308 g/mol. The highest BCUT2D eigenvalue weighted by Crippen LogP contribution is 2.29. The summed E-state index contributed by atoms with van der Waals surface area (Å²) in [6, 6.07) is 8.16. The van der Waals surface area contributed by atoms with Crippen molar-refractivity contribution in [2.75, 3.05) is 0 Å². The van der Waals surface area contributed by atoms with Crippen molar-refractivity contribution in [1.29, 1.82) is 0 Å². The summed E-state index contributed by atoms with van der Waals surface area (Å²) in [6.07, 6.45) is 7.34. The molecule has 1 atom stereocenters. The van der Waals surface area contributed by atoms with Gasteiger partial charge in [0.2, 0.25) is 5.91 Å². The molecule has 0 fully saturated rings. The molecule has 1 aliphatic carbocycles. The van der Waals surface area contributed by atoms with Crippen LogP contribution in [0, 0.1) is 0 Å². The molecule has 2 N–H and O–H groups in total. The molecule has 0 saturated heterocycles. The lowest BCUT2D eigenvalue weighted by Crippen LogP contribution is -2.32. The molecule has 5 heteroatoms. The van der Waals surface area contributed by atoms with Crippen molar-refractivity contribution in [3.8, 4) is 0 Å². The molecule has 0 bridgehead atoms. The van der Waals surface area contributed by atoms with Gasteiger partial charge in [0.05, 0.1) is 18.7 Å². The molecular weight excluding hydrogens is 288 g/mol. The van der Waals surface area contributed by atoms with E-state index in [1.54, 1.807) is 0 Å². The lowest BCUT2D eigenvalue weighted by molar-refractivity contribution is -0.121. The summed E-state index contributed by atoms with van der Waals surface area (Å²) in [7, 11) is 1.97. The molecule has 5 nitrogen and oxygen atoms in total. The number of carbonyl (C=O) groups excluding carboxylic acids is 1. The number of carbonyl (C=O) groups is 1.